The average Bonchev–Trinajstić information content (AvgIpc) is 3.16. The van der Waals surface area contributed by atoms with Gasteiger partial charge in [-0.2, -0.15) is 0 Å². The number of hydrogen-bond acceptors (Lipinski definition) is 0. The molecule has 0 spiro atoms. The first-order valence-electron chi connectivity index (χ1n) is 9.35. The Morgan fingerprint density at radius 2 is 1.86 bits per heavy atom. The van der Waals surface area contributed by atoms with E-state index in [0.29, 0.717) is 0 Å². The molecule has 0 N–H and O–H groups in total. The van der Waals surface area contributed by atoms with Crippen LogP contribution in [0.2, 0.25) is 0 Å². The predicted octanol–water partition coefficient (Wildman–Crippen LogP) is 6.35. The molecule has 0 aliphatic heterocycles. The molecule has 1 aromatic rings. The topological polar surface area (TPSA) is 0 Å². The Labute approximate surface area is 135 Å². The van der Waals surface area contributed by atoms with E-state index in [1.54, 1.807) is 11.1 Å². The van der Waals surface area contributed by atoms with Gasteiger partial charge in [0.15, 0.2) is 0 Å². The first-order valence-corrected chi connectivity index (χ1v) is 9.35. The molecule has 4 atom stereocenters. The Morgan fingerprint density at radius 1 is 1.05 bits per heavy atom. The van der Waals surface area contributed by atoms with E-state index < -0.39 is 0 Å². The Morgan fingerprint density at radius 3 is 2.73 bits per heavy atom. The van der Waals surface area contributed by atoms with Gasteiger partial charge >= 0.3 is 0 Å². The molecule has 116 valence electrons. The molecule has 0 heterocycles. The summed E-state index contributed by atoms with van der Waals surface area (Å²) in [6.45, 7) is 2.28. The Bertz CT molecular complexity index is 592. The summed E-state index contributed by atoms with van der Waals surface area (Å²) in [5.74, 6) is 3.54. The Kier molecular flexibility index (Phi) is 3.94. The van der Waals surface area contributed by atoms with Crippen LogP contribution in [-0.4, -0.2) is 0 Å². The van der Waals surface area contributed by atoms with Crippen LogP contribution in [0, 0.1) is 17.8 Å². The summed E-state index contributed by atoms with van der Waals surface area (Å²) in [4.78, 5) is 0. The molecule has 0 radical (unpaired) electrons. The highest BCUT2D eigenvalue weighted by Crippen LogP contribution is 2.61. The van der Waals surface area contributed by atoms with Crippen LogP contribution >= 0.6 is 0 Å². The van der Waals surface area contributed by atoms with E-state index in [9.17, 15) is 0 Å². The van der Waals surface area contributed by atoms with E-state index in [-0.39, 0.29) is 0 Å². The highest BCUT2D eigenvalue weighted by Gasteiger charge is 2.50. The second-order valence-electron chi connectivity index (χ2n) is 7.56. The lowest BCUT2D eigenvalue weighted by Crippen LogP contribution is -2.25. The quantitative estimate of drug-likeness (QED) is 0.555. The molecule has 22 heavy (non-hydrogen) atoms. The average molecular weight is 292 g/mol. The number of allylic oxidation sites excluding steroid dienone is 3. The lowest BCUT2D eigenvalue weighted by molar-refractivity contribution is 0.330. The minimum absolute atomic E-state index is 0.815. The van der Waals surface area contributed by atoms with Crippen molar-refractivity contribution in [1.29, 1.82) is 0 Å². The number of hydrogen-bond donors (Lipinski definition) is 0. The smallest absolute Gasteiger partial charge is 0.00561 e. The number of unbranched alkanes of at least 4 members (excludes halogenated alkanes) is 3. The second kappa shape index (κ2) is 6.07. The van der Waals surface area contributed by atoms with Gasteiger partial charge in [0.1, 0.15) is 0 Å². The van der Waals surface area contributed by atoms with Crippen molar-refractivity contribution < 1.29 is 0 Å². The molecule has 0 unspecified atom stereocenters. The fraction of sp³-hybridized carbons (Fsp3) is 0.545. The minimum Gasteiger partial charge on any atom is -0.0843 e. The maximum atomic E-state index is 2.49. The molecule has 0 heteroatoms. The summed E-state index contributed by atoms with van der Waals surface area (Å²) in [7, 11) is 0. The van der Waals surface area contributed by atoms with E-state index in [2.05, 4.69) is 49.4 Å². The molecular formula is C22H28. The van der Waals surface area contributed by atoms with Crippen molar-refractivity contribution in [2.45, 2.75) is 57.8 Å². The monoisotopic (exact) mass is 292 g/mol. The summed E-state index contributed by atoms with van der Waals surface area (Å²) < 4.78 is 0. The zero-order valence-electron chi connectivity index (χ0n) is 13.8. The van der Waals surface area contributed by atoms with Gasteiger partial charge in [0.25, 0.3) is 0 Å². The SMILES string of the molecule is CCCCC/C=C/C1=Cc2ccccc2[C@@H]2[C@H]3CC[C@H](C3)[C@H]12. The molecule has 0 amide bonds. The standard InChI is InChI=1S/C22H28/c1-2-3-4-5-6-10-17-14-16-9-7-8-11-20(16)22-19-13-12-18(15-19)21(17)22/h6-11,14,18-19,21-22H,2-5,12-13,15H2,1H3/b10-6+/t18-,19+,21+,22+/m1/s1. The fourth-order valence-corrected chi connectivity index (χ4v) is 5.33. The summed E-state index contributed by atoms with van der Waals surface area (Å²) in [6, 6.07) is 9.15. The summed E-state index contributed by atoms with van der Waals surface area (Å²) in [5.41, 5.74) is 4.76. The first-order chi connectivity index (χ1) is 10.9. The minimum atomic E-state index is 0.815. The Balaban J connectivity index is 1.61. The van der Waals surface area contributed by atoms with Gasteiger partial charge < -0.3 is 0 Å². The van der Waals surface area contributed by atoms with Crippen LogP contribution in [0.3, 0.4) is 0 Å². The maximum Gasteiger partial charge on any atom is -0.00561 e. The van der Waals surface area contributed by atoms with Gasteiger partial charge in [0.05, 0.1) is 0 Å². The second-order valence-corrected chi connectivity index (χ2v) is 7.56. The van der Waals surface area contributed by atoms with Crippen LogP contribution in [0.5, 0.6) is 0 Å². The summed E-state index contributed by atoms with van der Waals surface area (Å²) in [6.07, 6.45) is 17.1. The van der Waals surface area contributed by atoms with Crippen molar-refractivity contribution >= 4 is 6.08 Å². The van der Waals surface area contributed by atoms with Crippen molar-refractivity contribution in [2.75, 3.05) is 0 Å². The zero-order chi connectivity index (χ0) is 14.9. The molecule has 0 saturated heterocycles. The lowest BCUT2D eigenvalue weighted by Gasteiger charge is -2.36. The molecular weight excluding hydrogens is 264 g/mol. The van der Waals surface area contributed by atoms with Gasteiger partial charge in [-0.15, -0.1) is 0 Å². The molecule has 0 aromatic heterocycles. The number of fused-ring (bicyclic) bond motifs is 7. The van der Waals surface area contributed by atoms with E-state index >= 15 is 0 Å². The van der Waals surface area contributed by atoms with Crippen molar-refractivity contribution in [1.82, 2.24) is 0 Å². The van der Waals surface area contributed by atoms with Crippen molar-refractivity contribution in [3.63, 3.8) is 0 Å². The summed E-state index contributed by atoms with van der Waals surface area (Å²) in [5, 5.41) is 0. The predicted molar refractivity (Wildman–Crippen MR) is 94.8 cm³/mol. The van der Waals surface area contributed by atoms with Crippen molar-refractivity contribution in [3.05, 3.63) is 53.1 Å². The molecule has 1 aromatic carbocycles. The molecule has 2 saturated carbocycles. The summed E-state index contributed by atoms with van der Waals surface area (Å²) >= 11 is 0. The lowest BCUT2D eigenvalue weighted by atomic mass is 9.67. The normalized spacial score (nSPS) is 32.1. The van der Waals surface area contributed by atoms with Gasteiger partial charge in [0.2, 0.25) is 0 Å². The Hall–Kier alpha value is -1.30. The van der Waals surface area contributed by atoms with Crippen LogP contribution in [0.4, 0.5) is 0 Å². The van der Waals surface area contributed by atoms with Crippen LogP contribution < -0.4 is 0 Å². The van der Waals surface area contributed by atoms with Gasteiger partial charge in [-0.25, -0.2) is 0 Å². The molecule has 3 aliphatic carbocycles. The number of benzene rings is 1. The van der Waals surface area contributed by atoms with E-state index in [0.717, 1.165) is 23.7 Å². The van der Waals surface area contributed by atoms with Crippen LogP contribution in [0.1, 0.15) is 68.9 Å². The fourth-order valence-electron chi connectivity index (χ4n) is 5.33. The van der Waals surface area contributed by atoms with E-state index in [1.807, 2.05) is 0 Å². The van der Waals surface area contributed by atoms with Gasteiger partial charge in [-0.3, -0.25) is 0 Å². The van der Waals surface area contributed by atoms with Crippen LogP contribution in [0.25, 0.3) is 6.08 Å². The first kappa shape index (κ1) is 14.3. The third kappa shape index (κ3) is 2.37. The van der Waals surface area contributed by atoms with Crippen molar-refractivity contribution in [3.8, 4) is 0 Å². The molecule has 4 rings (SSSR count). The van der Waals surface area contributed by atoms with Crippen LogP contribution in [0.15, 0.2) is 42.0 Å². The highest BCUT2D eigenvalue weighted by atomic mass is 14.5. The molecule has 3 aliphatic rings. The third-order valence-corrected chi connectivity index (χ3v) is 6.26. The number of rotatable bonds is 5. The maximum absolute atomic E-state index is 2.49. The van der Waals surface area contributed by atoms with Crippen molar-refractivity contribution in [2.24, 2.45) is 17.8 Å². The largest absolute Gasteiger partial charge is 0.0843 e. The van der Waals surface area contributed by atoms with Gasteiger partial charge in [0, 0.05) is 0 Å². The zero-order valence-corrected chi connectivity index (χ0v) is 13.8. The van der Waals surface area contributed by atoms with Gasteiger partial charge in [-0.05, 0) is 72.5 Å². The van der Waals surface area contributed by atoms with E-state index in [4.69, 9.17) is 0 Å². The van der Waals surface area contributed by atoms with Gasteiger partial charge in [-0.1, -0.05) is 62.3 Å². The molecule has 0 nitrogen and oxygen atoms in total. The third-order valence-electron chi connectivity index (χ3n) is 6.26. The molecule has 2 bridgehead atoms. The molecule has 2 fully saturated rings. The highest BCUT2D eigenvalue weighted by molar-refractivity contribution is 5.65. The van der Waals surface area contributed by atoms with Crippen LogP contribution in [-0.2, 0) is 0 Å². The van der Waals surface area contributed by atoms with E-state index in [1.165, 1.54) is 50.5 Å².